The molecule has 0 aromatic heterocycles. The molecule has 4 N–H and O–H groups in total. The number of hydrogen-bond donors (Lipinski definition) is 2. The van der Waals surface area contributed by atoms with E-state index in [4.69, 9.17) is 20.9 Å². The zero-order chi connectivity index (χ0) is 24.3. The summed E-state index contributed by atoms with van der Waals surface area (Å²) in [5.74, 6) is 3.23. The molecule has 0 unspecified atom stereocenters. The van der Waals surface area contributed by atoms with Crippen molar-refractivity contribution in [2.24, 2.45) is 0 Å². The maximum Gasteiger partial charge on any atom is 0.134 e. The van der Waals surface area contributed by atoms with Crippen LogP contribution in [-0.4, -0.2) is 0 Å². The average molecular weight is 453 g/mol. The quantitative estimate of drug-likeness (QED) is 0.281. The number of aryl methyl sites for hydroxylation is 2. The fourth-order valence-electron chi connectivity index (χ4n) is 4.28. The van der Waals surface area contributed by atoms with Crippen molar-refractivity contribution >= 4 is 11.4 Å². The second-order valence-corrected chi connectivity index (χ2v) is 8.93. The van der Waals surface area contributed by atoms with Crippen LogP contribution in [0.5, 0.6) is 23.0 Å². The third-order valence-electron chi connectivity index (χ3n) is 6.52. The summed E-state index contributed by atoms with van der Waals surface area (Å²) >= 11 is 0. The summed E-state index contributed by atoms with van der Waals surface area (Å²) < 4.78 is 12.9. The Hall–Kier alpha value is -3.92. The van der Waals surface area contributed by atoms with Gasteiger partial charge >= 0.3 is 0 Å². The minimum atomic E-state index is -0.357. The summed E-state index contributed by atoms with van der Waals surface area (Å²) in [4.78, 5) is 0. The lowest BCUT2D eigenvalue weighted by atomic mass is 9.72. The molecule has 0 bridgehead atoms. The monoisotopic (exact) mass is 452 g/mol. The lowest BCUT2D eigenvalue weighted by molar-refractivity contribution is 0.426. The van der Waals surface area contributed by atoms with E-state index in [0.29, 0.717) is 11.4 Å². The molecule has 0 fully saturated rings. The van der Waals surface area contributed by atoms with E-state index in [1.165, 1.54) is 0 Å². The SMILES string of the molecule is CCC(C)(c1cccc(C)c1Oc1ccc(N)cc1)c1cccc(C)c1Oc1ccc(N)cc1. The zero-order valence-electron chi connectivity index (χ0n) is 20.3. The number of benzene rings is 4. The maximum atomic E-state index is 6.46. The summed E-state index contributed by atoms with van der Waals surface area (Å²) in [5.41, 5.74) is 17.2. The molecule has 4 aromatic carbocycles. The predicted molar refractivity (Wildman–Crippen MR) is 141 cm³/mol. The number of anilines is 2. The number of para-hydroxylation sites is 2. The lowest BCUT2D eigenvalue weighted by Gasteiger charge is -2.34. The summed E-state index contributed by atoms with van der Waals surface area (Å²) in [6.45, 7) is 8.61. The van der Waals surface area contributed by atoms with Gasteiger partial charge in [-0.25, -0.2) is 0 Å². The minimum absolute atomic E-state index is 0.357. The third-order valence-corrected chi connectivity index (χ3v) is 6.52. The van der Waals surface area contributed by atoms with Crippen LogP contribution in [-0.2, 0) is 5.41 Å². The highest BCUT2D eigenvalue weighted by molar-refractivity contribution is 5.57. The molecule has 0 aliphatic heterocycles. The fourth-order valence-corrected chi connectivity index (χ4v) is 4.28. The van der Waals surface area contributed by atoms with Crippen LogP contribution >= 0.6 is 0 Å². The Balaban J connectivity index is 1.83. The van der Waals surface area contributed by atoms with Gasteiger partial charge in [-0.15, -0.1) is 0 Å². The molecule has 0 saturated carbocycles. The smallest absolute Gasteiger partial charge is 0.134 e. The van der Waals surface area contributed by atoms with Crippen molar-refractivity contribution in [2.75, 3.05) is 11.5 Å². The Morgan fingerprint density at radius 1 is 0.618 bits per heavy atom. The topological polar surface area (TPSA) is 70.5 Å². The molecule has 174 valence electrons. The first-order valence-electron chi connectivity index (χ1n) is 11.6. The molecule has 0 aliphatic rings. The molecule has 0 saturated heterocycles. The van der Waals surface area contributed by atoms with E-state index in [1.54, 1.807) is 0 Å². The molecular formula is C30H32N2O2. The van der Waals surface area contributed by atoms with E-state index >= 15 is 0 Å². The molecule has 0 atom stereocenters. The van der Waals surface area contributed by atoms with Crippen LogP contribution in [0.1, 0.15) is 42.5 Å². The summed E-state index contributed by atoms with van der Waals surface area (Å²) in [7, 11) is 0. The van der Waals surface area contributed by atoms with E-state index in [2.05, 4.69) is 64.1 Å². The van der Waals surface area contributed by atoms with Crippen molar-refractivity contribution < 1.29 is 9.47 Å². The lowest BCUT2D eigenvalue weighted by Crippen LogP contribution is -2.24. The zero-order valence-corrected chi connectivity index (χ0v) is 20.3. The Bertz CT molecular complexity index is 1180. The van der Waals surface area contributed by atoms with Crippen molar-refractivity contribution in [3.63, 3.8) is 0 Å². The number of rotatable bonds is 7. The van der Waals surface area contributed by atoms with Crippen LogP contribution in [0.4, 0.5) is 11.4 Å². The Morgan fingerprint density at radius 2 is 1.00 bits per heavy atom. The first kappa shape index (κ1) is 23.2. The van der Waals surface area contributed by atoms with Crippen LogP contribution in [0.2, 0.25) is 0 Å². The van der Waals surface area contributed by atoms with Crippen molar-refractivity contribution in [3.05, 3.63) is 107 Å². The molecule has 4 nitrogen and oxygen atoms in total. The number of ether oxygens (including phenoxy) is 2. The van der Waals surface area contributed by atoms with Gasteiger partial charge in [0.2, 0.25) is 0 Å². The molecule has 4 aromatic rings. The number of nitrogens with two attached hydrogens (primary N) is 2. The molecule has 0 heterocycles. The molecule has 0 amide bonds. The van der Waals surface area contributed by atoms with Crippen LogP contribution in [0.25, 0.3) is 0 Å². The highest BCUT2D eigenvalue weighted by Crippen LogP contribution is 2.47. The van der Waals surface area contributed by atoms with Gasteiger partial charge < -0.3 is 20.9 Å². The van der Waals surface area contributed by atoms with E-state index in [0.717, 1.165) is 51.7 Å². The molecule has 0 aliphatic carbocycles. The summed E-state index contributed by atoms with van der Waals surface area (Å²) in [6.07, 6.45) is 0.857. The van der Waals surface area contributed by atoms with E-state index in [1.807, 2.05) is 48.5 Å². The van der Waals surface area contributed by atoms with Gasteiger partial charge in [-0.1, -0.05) is 50.2 Å². The normalized spacial score (nSPS) is 11.3. The summed E-state index contributed by atoms with van der Waals surface area (Å²) in [6, 6.07) is 27.6. The molecule has 4 heteroatoms. The highest BCUT2D eigenvalue weighted by Gasteiger charge is 2.34. The Kier molecular flexibility index (Phi) is 6.51. The molecule has 34 heavy (non-hydrogen) atoms. The fraction of sp³-hybridized carbons (Fsp3) is 0.200. The van der Waals surface area contributed by atoms with Gasteiger partial charge in [-0.05, 0) is 79.9 Å². The van der Waals surface area contributed by atoms with Crippen LogP contribution in [0, 0.1) is 13.8 Å². The first-order valence-corrected chi connectivity index (χ1v) is 11.6. The van der Waals surface area contributed by atoms with E-state index < -0.39 is 0 Å². The minimum Gasteiger partial charge on any atom is -0.457 e. The first-order chi connectivity index (χ1) is 16.3. The van der Waals surface area contributed by atoms with Crippen LogP contribution in [0.15, 0.2) is 84.9 Å². The van der Waals surface area contributed by atoms with Crippen molar-refractivity contribution in [3.8, 4) is 23.0 Å². The molecule has 4 rings (SSSR count). The summed E-state index contributed by atoms with van der Waals surface area (Å²) in [5, 5.41) is 0. The number of hydrogen-bond acceptors (Lipinski definition) is 4. The number of nitrogen functional groups attached to an aromatic ring is 2. The van der Waals surface area contributed by atoms with Gasteiger partial charge in [0.25, 0.3) is 0 Å². The van der Waals surface area contributed by atoms with Gasteiger partial charge in [0.1, 0.15) is 23.0 Å². The Labute approximate surface area is 202 Å². The predicted octanol–water partition coefficient (Wildman–Crippen LogP) is 7.77. The van der Waals surface area contributed by atoms with Gasteiger partial charge in [0.05, 0.1) is 0 Å². The van der Waals surface area contributed by atoms with Gasteiger partial charge in [0, 0.05) is 27.9 Å². The molecule has 0 radical (unpaired) electrons. The van der Waals surface area contributed by atoms with Crippen molar-refractivity contribution in [1.29, 1.82) is 0 Å². The molecular weight excluding hydrogens is 420 g/mol. The largest absolute Gasteiger partial charge is 0.457 e. The van der Waals surface area contributed by atoms with Crippen LogP contribution in [0.3, 0.4) is 0 Å². The molecule has 0 spiro atoms. The Morgan fingerprint density at radius 3 is 1.35 bits per heavy atom. The maximum absolute atomic E-state index is 6.46. The highest BCUT2D eigenvalue weighted by atomic mass is 16.5. The second kappa shape index (κ2) is 9.52. The van der Waals surface area contributed by atoms with Crippen LogP contribution < -0.4 is 20.9 Å². The van der Waals surface area contributed by atoms with Gasteiger partial charge in [-0.3, -0.25) is 0 Å². The van der Waals surface area contributed by atoms with Gasteiger partial charge in [0.15, 0.2) is 0 Å². The second-order valence-electron chi connectivity index (χ2n) is 8.93. The van der Waals surface area contributed by atoms with Crippen molar-refractivity contribution in [1.82, 2.24) is 0 Å². The van der Waals surface area contributed by atoms with Gasteiger partial charge in [-0.2, -0.15) is 0 Å². The third kappa shape index (κ3) is 4.58. The van der Waals surface area contributed by atoms with E-state index in [9.17, 15) is 0 Å². The van der Waals surface area contributed by atoms with Crippen molar-refractivity contribution in [2.45, 2.75) is 39.5 Å². The van der Waals surface area contributed by atoms with E-state index in [-0.39, 0.29) is 5.41 Å². The standard InChI is InChI=1S/C30H32N2O2/c1-5-30(4,26-10-6-8-20(2)28(26)33-24-16-12-22(31)13-17-24)27-11-7-9-21(3)29(27)34-25-18-14-23(32)15-19-25/h6-19H,5,31-32H2,1-4H3. The average Bonchev–Trinajstić information content (AvgIpc) is 2.84.